The molecule has 0 radical (unpaired) electrons. The van der Waals surface area contributed by atoms with Crippen molar-refractivity contribution in [3.8, 4) is 0 Å². The van der Waals surface area contributed by atoms with Crippen LogP contribution in [-0.4, -0.2) is 0 Å². The van der Waals surface area contributed by atoms with Gasteiger partial charge in [0.05, 0.1) is 0 Å². The summed E-state index contributed by atoms with van der Waals surface area (Å²) in [7, 11) is 0. The van der Waals surface area contributed by atoms with Crippen molar-refractivity contribution >= 4 is 27.5 Å². The third-order valence-electron chi connectivity index (χ3n) is 5.51. The molecule has 0 amide bonds. The normalized spacial score (nSPS) is 22.2. The second-order valence-corrected chi connectivity index (χ2v) is 8.42. The first kappa shape index (κ1) is 14.8. The Balaban J connectivity index is 1.48. The first-order chi connectivity index (χ1) is 10.6. The maximum absolute atomic E-state index is 6.30. The van der Waals surface area contributed by atoms with E-state index in [4.69, 9.17) is 11.6 Å². The molecule has 2 aliphatic carbocycles. The largest absolute Gasteiger partial charge is 0.0840 e. The summed E-state index contributed by atoms with van der Waals surface area (Å²) < 4.78 is 1.09. The second-order valence-electron chi connectivity index (χ2n) is 7.09. The van der Waals surface area contributed by atoms with Crippen LogP contribution in [0.1, 0.15) is 54.7 Å². The summed E-state index contributed by atoms with van der Waals surface area (Å²) in [4.78, 5) is 0. The van der Waals surface area contributed by atoms with E-state index in [0.29, 0.717) is 0 Å². The number of benzene rings is 2. The molecular formula is C20H20BrCl. The minimum absolute atomic E-state index is 0.757. The molecule has 0 bridgehead atoms. The second kappa shape index (κ2) is 5.69. The van der Waals surface area contributed by atoms with Crippen LogP contribution < -0.4 is 0 Å². The van der Waals surface area contributed by atoms with E-state index in [2.05, 4.69) is 46.3 Å². The summed E-state index contributed by atoms with van der Waals surface area (Å²) in [5.74, 6) is 0.797. The van der Waals surface area contributed by atoms with Crippen molar-refractivity contribution in [1.82, 2.24) is 0 Å². The molecule has 0 saturated heterocycles. The zero-order valence-corrected chi connectivity index (χ0v) is 15.0. The Morgan fingerprint density at radius 1 is 1.05 bits per heavy atom. The van der Waals surface area contributed by atoms with Crippen molar-refractivity contribution in [2.75, 3.05) is 0 Å². The van der Waals surface area contributed by atoms with E-state index in [1.165, 1.54) is 48.8 Å². The van der Waals surface area contributed by atoms with Gasteiger partial charge in [-0.25, -0.2) is 0 Å². The lowest BCUT2D eigenvalue weighted by Crippen LogP contribution is -1.96. The maximum Gasteiger partial charge on any atom is 0.0442 e. The van der Waals surface area contributed by atoms with Crippen LogP contribution in [0.5, 0.6) is 0 Å². The van der Waals surface area contributed by atoms with Gasteiger partial charge < -0.3 is 0 Å². The Kier molecular flexibility index (Phi) is 3.82. The molecule has 22 heavy (non-hydrogen) atoms. The minimum Gasteiger partial charge on any atom is -0.0840 e. The quantitative estimate of drug-likeness (QED) is 0.557. The van der Waals surface area contributed by atoms with Crippen molar-refractivity contribution in [1.29, 1.82) is 0 Å². The highest BCUT2D eigenvalue weighted by Crippen LogP contribution is 2.61. The van der Waals surface area contributed by atoms with Crippen LogP contribution in [0.4, 0.5) is 0 Å². The van der Waals surface area contributed by atoms with Gasteiger partial charge in [0.25, 0.3) is 0 Å². The van der Waals surface area contributed by atoms with E-state index >= 15 is 0 Å². The molecule has 1 atom stereocenters. The Morgan fingerprint density at radius 2 is 1.82 bits per heavy atom. The van der Waals surface area contributed by atoms with Crippen molar-refractivity contribution in [3.63, 3.8) is 0 Å². The third kappa shape index (κ3) is 2.98. The van der Waals surface area contributed by atoms with Crippen LogP contribution in [0.2, 0.25) is 5.02 Å². The van der Waals surface area contributed by atoms with Gasteiger partial charge in [0.2, 0.25) is 0 Å². The summed E-state index contributed by atoms with van der Waals surface area (Å²) >= 11 is 9.82. The molecule has 2 saturated carbocycles. The Morgan fingerprint density at radius 3 is 2.50 bits per heavy atom. The van der Waals surface area contributed by atoms with Crippen molar-refractivity contribution in [2.45, 2.75) is 44.4 Å². The molecule has 4 rings (SSSR count). The van der Waals surface area contributed by atoms with E-state index < -0.39 is 0 Å². The predicted octanol–water partition coefficient (Wildman–Crippen LogP) is 6.74. The fourth-order valence-corrected chi connectivity index (χ4v) is 4.52. The van der Waals surface area contributed by atoms with E-state index in [0.717, 1.165) is 27.2 Å². The molecule has 2 aromatic rings. The van der Waals surface area contributed by atoms with Crippen LogP contribution >= 0.6 is 27.5 Å². The fourth-order valence-electron chi connectivity index (χ4n) is 3.93. The van der Waals surface area contributed by atoms with Crippen molar-refractivity contribution < 1.29 is 0 Å². The molecule has 2 fully saturated rings. The van der Waals surface area contributed by atoms with Gasteiger partial charge in [-0.15, -0.1) is 0 Å². The number of halogens is 2. The van der Waals surface area contributed by atoms with Gasteiger partial charge in [-0.2, -0.15) is 0 Å². The Bertz CT molecular complexity index is 685. The predicted molar refractivity (Wildman–Crippen MR) is 96.7 cm³/mol. The molecule has 2 aliphatic rings. The lowest BCUT2D eigenvalue weighted by molar-refractivity contribution is 0.524. The molecular weight excluding hydrogens is 356 g/mol. The maximum atomic E-state index is 6.30. The lowest BCUT2D eigenvalue weighted by Gasteiger charge is -2.12. The Labute approximate surface area is 146 Å². The van der Waals surface area contributed by atoms with E-state index in [1.54, 1.807) is 0 Å². The average molecular weight is 376 g/mol. The van der Waals surface area contributed by atoms with Crippen molar-refractivity contribution in [2.24, 2.45) is 5.41 Å². The summed E-state index contributed by atoms with van der Waals surface area (Å²) in [6, 6.07) is 15.3. The first-order valence-corrected chi connectivity index (χ1v) is 9.33. The molecule has 0 aliphatic heterocycles. The highest BCUT2D eigenvalue weighted by atomic mass is 79.9. The summed E-state index contributed by atoms with van der Waals surface area (Å²) in [5.41, 5.74) is 4.81. The average Bonchev–Trinajstić information content (AvgIpc) is 3.14. The van der Waals surface area contributed by atoms with E-state index in [-0.39, 0.29) is 0 Å². The van der Waals surface area contributed by atoms with Crippen LogP contribution in [0.25, 0.3) is 0 Å². The van der Waals surface area contributed by atoms with Gasteiger partial charge in [-0.05, 0) is 84.7 Å². The van der Waals surface area contributed by atoms with Gasteiger partial charge in [-0.1, -0.05) is 51.8 Å². The summed E-state index contributed by atoms with van der Waals surface area (Å²) in [6.45, 7) is 0. The molecule has 0 heterocycles. The molecule has 0 aromatic heterocycles. The molecule has 2 heteroatoms. The standard InChI is InChI=1S/C20H20BrCl/c21-18-5-6-19(22)17(12-18)11-14-1-3-15(4-2-14)16-7-8-20(13-16)9-10-20/h1-6,12,16H,7-11,13H2. The topological polar surface area (TPSA) is 0 Å². The zero-order valence-electron chi connectivity index (χ0n) is 12.6. The van der Waals surface area contributed by atoms with Gasteiger partial charge in [0.1, 0.15) is 0 Å². The van der Waals surface area contributed by atoms with Gasteiger partial charge in [0, 0.05) is 9.50 Å². The molecule has 0 nitrogen and oxygen atoms in total. The van der Waals surface area contributed by atoms with E-state index in [9.17, 15) is 0 Å². The van der Waals surface area contributed by atoms with Gasteiger partial charge in [0.15, 0.2) is 0 Å². The minimum atomic E-state index is 0.757. The summed E-state index contributed by atoms with van der Waals surface area (Å²) in [5, 5.41) is 0.846. The fraction of sp³-hybridized carbons (Fsp3) is 0.400. The SMILES string of the molecule is Clc1ccc(Br)cc1Cc1ccc(C2CCC3(CC3)C2)cc1. The van der Waals surface area contributed by atoms with Crippen LogP contribution in [0, 0.1) is 5.41 Å². The highest BCUT2D eigenvalue weighted by molar-refractivity contribution is 9.10. The molecule has 1 spiro atoms. The van der Waals surface area contributed by atoms with E-state index in [1.807, 2.05) is 12.1 Å². The van der Waals surface area contributed by atoms with Crippen molar-refractivity contribution in [3.05, 3.63) is 68.7 Å². The monoisotopic (exact) mass is 374 g/mol. The third-order valence-corrected chi connectivity index (χ3v) is 6.38. The van der Waals surface area contributed by atoms with Crippen LogP contribution in [0.3, 0.4) is 0 Å². The Hall–Kier alpha value is -0.790. The zero-order chi connectivity index (χ0) is 15.2. The van der Waals surface area contributed by atoms with Crippen LogP contribution in [0.15, 0.2) is 46.9 Å². The molecule has 0 N–H and O–H groups in total. The lowest BCUT2D eigenvalue weighted by atomic mass is 9.93. The molecule has 114 valence electrons. The highest BCUT2D eigenvalue weighted by Gasteiger charge is 2.48. The molecule has 2 aromatic carbocycles. The first-order valence-electron chi connectivity index (χ1n) is 8.16. The van der Waals surface area contributed by atoms with Gasteiger partial charge >= 0.3 is 0 Å². The smallest absolute Gasteiger partial charge is 0.0442 e. The molecule has 1 unspecified atom stereocenters. The van der Waals surface area contributed by atoms with Gasteiger partial charge in [-0.3, -0.25) is 0 Å². The summed E-state index contributed by atoms with van der Waals surface area (Å²) in [6.07, 6.45) is 8.10. The number of hydrogen-bond acceptors (Lipinski definition) is 0. The number of hydrogen-bond donors (Lipinski definition) is 0. The number of rotatable bonds is 3. The van der Waals surface area contributed by atoms with Crippen LogP contribution in [-0.2, 0) is 6.42 Å².